The summed E-state index contributed by atoms with van der Waals surface area (Å²) in [5, 5.41) is 3.66. The van der Waals surface area contributed by atoms with E-state index in [0.717, 1.165) is 34.1 Å². The average Bonchev–Trinajstić information content (AvgIpc) is 3.18. The molecule has 1 aliphatic heterocycles. The molecule has 6 nitrogen and oxygen atoms in total. The molecule has 1 aliphatic carbocycles. The number of nitrogens with zero attached hydrogens (tertiary/aromatic N) is 1. The Kier molecular flexibility index (Phi) is 3.68. The Balaban J connectivity index is 1.57. The summed E-state index contributed by atoms with van der Waals surface area (Å²) < 4.78 is 5.41. The normalized spacial score (nSPS) is 20.6. The average molecular weight is 388 g/mol. The van der Waals surface area contributed by atoms with E-state index in [4.69, 9.17) is 4.42 Å². The minimum Gasteiger partial charge on any atom is -0.422 e. The van der Waals surface area contributed by atoms with Crippen LogP contribution in [0.4, 0.5) is 4.79 Å². The molecule has 0 radical (unpaired) electrons. The molecule has 2 aromatic carbocycles. The van der Waals surface area contributed by atoms with E-state index in [1.54, 1.807) is 0 Å². The molecule has 2 aliphatic rings. The lowest BCUT2D eigenvalue weighted by Crippen LogP contribution is -2.41. The van der Waals surface area contributed by atoms with E-state index in [-0.39, 0.29) is 12.5 Å². The minimum atomic E-state index is -1.00. The van der Waals surface area contributed by atoms with Gasteiger partial charge in [-0.15, -0.1) is 0 Å². The van der Waals surface area contributed by atoms with Crippen LogP contribution in [0.25, 0.3) is 11.0 Å². The molecule has 1 N–H and O–H groups in total. The molecule has 146 valence electrons. The molecule has 6 heteroatoms. The van der Waals surface area contributed by atoms with Gasteiger partial charge in [0.1, 0.15) is 11.1 Å². The molecule has 5 rings (SSSR count). The van der Waals surface area contributed by atoms with Crippen molar-refractivity contribution in [2.75, 3.05) is 0 Å². The van der Waals surface area contributed by atoms with Crippen molar-refractivity contribution >= 4 is 22.9 Å². The lowest BCUT2D eigenvalue weighted by Gasteiger charge is -2.22. The van der Waals surface area contributed by atoms with Gasteiger partial charge in [0.25, 0.3) is 5.91 Å². The van der Waals surface area contributed by atoms with Gasteiger partial charge in [0.15, 0.2) is 0 Å². The first kappa shape index (κ1) is 17.7. The quantitative estimate of drug-likeness (QED) is 0.540. The second kappa shape index (κ2) is 6.04. The first-order valence-corrected chi connectivity index (χ1v) is 9.66. The fourth-order valence-corrected chi connectivity index (χ4v) is 4.56. The highest BCUT2D eigenvalue weighted by Crippen LogP contribution is 2.41. The van der Waals surface area contributed by atoms with Crippen molar-refractivity contribution in [3.8, 4) is 0 Å². The Labute approximate surface area is 167 Å². The van der Waals surface area contributed by atoms with Gasteiger partial charge in [-0.1, -0.05) is 36.4 Å². The molecule has 0 saturated carbocycles. The predicted octanol–water partition coefficient (Wildman–Crippen LogP) is 3.30. The minimum absolute atomic E-state index is 0.0270. The third-order valence-electron chi connectivity index (χ3n) is 6.27. The van der Waals surface area contributed by atoms with Crippen LogP contribution in [0.1, 0.15) is 34.2 Å². The number of hydrogen-bond acceptors (Lipinski definition) is 4. The molecule has 1 unspecified atom stereocenters. The van der Waals surface area contributed by atoms with E-state index >= 15 is 0 Å². The van der Waals surface area contributed by atoms with Crippen LogP contribution >= 0.6 is 0 Å². The Morgan fingerprint density at radius 3 is 2.72 bits per heavy atom. The van der Waals surface area contributed by atoms with Gasteiger partial charge in [-0.2, -0.15) is 0 Å². The zero-order chi connectivity index (χ0) is 20.3. The smallest absolute Gasteiger partial charge is 0.336 e. The predicted molar refractivity (Wildman–Crippen MR) is 107 cm³/mol. The highest BCUT2D eigenvalue weighted by atomic mass is 16.4. The largest absolute Gasteiger partial charge is 0.422 e. The first-order chi connectivity index (χ1) is 13.9. The third kappa shape index (κ3) is 2.45. The number of rotatable bonds is 2. The van der Waals surface area contributed by atoms with Crippen LogP contribution in [0.15, 0.2) is 51.7 Å². The summed E-state index contributed by atoms with van der Waals surface area (Å²) in [6, 6.07) is 12.5. The molecule has 2 heterocycles. The van der Waals surface area contributed by atoms with Crippen molar-refractivity contribution in [3.63, 3.8) is 0 Å². The topological polar surface area (TPSA) is 79.6 Å². The number of hydrogen-bond donors (Lipinski definition) is 1. The van der Waals surface area contributed by atoms with Gasteiger partial charge in [-0.3, -0.25) is 9.69 Å². The zero-order valence-corrected chi connectivity index (χ0v) is 16.2. The van der Waals surface area contributed by atoms with E-state index < -0.39 is 17.2 Å². The SMILES string of the molecule is Cc1ccc2c(CN3C(=O)NC4(CCc5ccccc54)C3=O)cc(=O)oc2c1C. The standard InChI is InChI=1S/C23H20N2O4/c1-13-7-8-17-16(11-19(26)29-20(17)14(13)2)12-25-21(27)23(24-22(25)28)10-9-15-5-3-4-6-18(15)23/h3-8,11H,9-10,12H2,1-2H3,(H,24,28). The highest BCUT2D eigenvalue weighted by molar-refractivity contribution is 6.08. The molecular formula is C23H20N2O4. The Morgan fingerprint density at radius 2 is 1.90 bits per heavy atom. The number of carbonyl (C=O) groups excluding carboxylic acids is 2. The third-order valence-corrected chi connectivity index (χ3v) is 6.27. The maximum Gasteiger partial charge on any atom is 0.336 e. The van der Waals surface area contributed by atoms with E-state index in [1.165, 1.54) is 11.0 Å². The fourth-order valence-electron chi connectivity index (χ4n) is 4.56. The molecule has 3 aromatic rings. The highest BCUT2D eigenvalue weighted by Gasteiger charge is 2.55. The molecule has 1 spiro atoms. The second-order valence-corrected chi connectivity index (χ2v) is 7.86. The van der Waals surface area contributed by atoms with E-state index in [0.29, 0.717) is 17.6 Å². The van der Waals surface area contributed by atoms with Gasteiger partial charge in [0.05, 0.1) is 6.54 Å². The van der Waals surface area contributed by atoms with Crippen molar-refractivity contribution in [1.29, 1.82) is 0 Å². The first-order valence-electron chi connectivity index (χ1n) is 9.66. The number of benzene rings is 2. The summed E-state index contributed by atoms with van der Waals surface area (Å²) in [6.45, 7) is 3.86. The summed E-state index contributed by atoms with van der Waals surface area (Å²) in [5.41, 5.74) is 3.44. The van der Waals surface area contributed by atoms with Crippen LogP contribution in [-0.2, 0) is 23.3 Å². The number of amides is 3. The molecule has 1 aromatic heterocycles. The lowest BCUT2D eigenvalue weighted by molar-refractivity contribution is -0.132. The van der Waals surface area contributed by atoms with Gasteiger partial charge >= 0.3 is 11.7 Å². The van der Waals surface area contributed by atoms with Crippen molar-refractivity contribution in [2.45, 2.75) is 38.8 Å². The van der Waals surface area contributed by atoms with Crippen molar-refractivity contribution < 1.29 is 14.0 Å². The molecule has 1 fully saturated rings. The van der Waals surface area contributed by atoms with E-state index in [2.05, 4.69) is 5.32 Å². The summed E-state index contributed by atoms with van der Waals surface area (Å²) in [6.07, 6.45) is 1.29. The number of fused-ring (bicyclic) bond motifs is 3. The molecular weight excluding hydrogens is 368 g/mol. The summed E-state index contributed by atoms with van der Waals surface area (Å²) in [4.78, 5) is 39.5. The Bertz CT molecular complexity index is 1260. The summed E-state index contributed by atoms with van der Waals surface area (Å²) in [5.74, 6) is -0.266. The van der Waals surface area contributed by atoms with Gasteiger partial charge in [0, 0.05) is 11.5 Å². The van der Waals surface area contributed by atoms with Gasteiger partial charge in [0.2, 0.25) is 0 Å². The lowest BCUT2D eigenvalue weighted by atomic mass is 9.91. The summed E-state index contributed by atoms with van der Waals surface area (Å²) >= 11 is 0. The monoisotopic (exact) mass is 388 g/mol. The van der Waals surface area contributed by atoms with E-state index in [1.807, 2.05) is 50.2 Å². The number of nitrogens with one attached hydrogen (secondary N) is 1. The van der Waals surface area contributed by atoms with Gasteiger partial charge in [-0.05, 0) is 54.5 Å². The molecule has 0 bridgehead atoms. The molecule has 3 amide bonds. The number of urea groups is 1. The maximum absolute atomic E-state index is 13.4. The maximum atomic E-state index is 13.4. The van der Waals surface area contributed by atoms with Crippen molar-refractivity contribution in [2.24, 2.45) is 0 Å². The van der Waals surface area contributed by atoms with Crippen LogP contribution in [0.3, 0.4) is 0 Å². The van der Waals surface area contributed by atoms with Crippen LogP contribution in [0, 0.1) is 13.8 Å². The van der Waals surface area contributed by atoms with Crippen LogP contribution in [0.2, 0.25) is 0 Å². The van der Waals surface area contributed by atoms with Gasteiger partial charge in [-0.25, -0.2) is 9.59 Å². The van der Waals surface area contributed by atoms with Crippen molar-refractivity contribution in [1.82, 2.24) is 10.2 Å². The van der Waals surface area contributed by atoms with Crippen LogP contribution in [0.5, 0.6) is 0 Å². The zero-order valence-electron chi connectivity index (χ0n) is 16.2. The summed E-state index contributed by atoms with van der Waals surface area (Å²) in [7, 11) is 0. The molecule has 29 heavy (non-hydrogen) atoms. The van der Waals surface area contributed by atoms with Crippen LogP contribution in [-0.4, -0.2) is 16.8 Å². The molecule has 1 atom stereocenters. The Hall–Kier alpha value is -3.41. The van der Waals surface area contributed by atoms with E-state index in [9.17, 15) is 14.4 Å². The number of imide groups is 1. The second-order valence-electron chi connectivity index (χ2n) is 7.86. The van der Waals surface area contributed by atoms with Crippen molar-refractivity contribution in [3.05, 3.63) is 80.7 Å². The Morgan fingerprint density at radius 1 is 1.10 bits per heavy atom. The molecule has 1 saturated heterocycles. The number of carbonyl (C=O) groups is 2. The van der Waals surface area contributed by atoms with Gasteiger partial charge < -0.3 is 9.73 Å². The fraction of sp³-hybridized carbons (Fsp3) is 0.261. The number of aryl methyl sites for hydroxylation is 3. The van der Waals surface area contributed by atoms with Crippen LogP contribution < -0.4 is 10.9 Å².